The van der Waals surface area contributed by atoms with Gasteiger partial charge in [-0.05, 0) is 49.4 Å². The minimum absolute atomic E-state index is 0.0643. The first-order valence-corrected chi connectivity index (χ1v) is 10.6. The number of imidazole rings is 1. The molecule has 0 aliphatic carbocycles. The second-order valence-electron chi connectivity index (χ2n) is 7.01. The van der Waals surface area contributed by atoms with Gasteiger partial charge < -0.3 is 14.0 Å². The number of halogens is 3. The Balaban J connectivity index is 1.79. The summed E-state index contributed by atoms with van der Waals surface area (Å²) >= 11 is 12.6. The van der Waals surface area contributed by atoms with Gasteiger partial charge in [-0.3, -0.25) is 4.79 Å². The number of anilines is 1. The first kappa shape index (κ1) is 22.0. The Bertz CT molecular complexity index is 1290. The minimum atomic E-state index is -0.723. The molecule has 1 amide bonds. The second kappa shape index (κ2) is 9.14. The highest BCUT2D eigenvalue weighted by molar-refractivity contribution is 6.36. The lowest BCUT2D eigenvalue weighted by Gasteiger charge is -2.17. The fourth-order valence-electron chi connectivity index (χ4n) is 3.42. The predicted octanol–water partition coefficient (Wildman–Crippen LogP) is 5.45. The quantitative estimate of drug-likeness (QED) is 0.351. The third-order valence-corrected chi connectivity index (χ3v) is 5.46. The lowest BCUT2D eigenvalue weighted by atomic mass is 10.1. The van der Waals surface area contributed by atoms with Crippen molar-refractivity contribution in [3.63, 3.8) is 0 Å². The van der Waals surface area contributed by atoms with Gasteiger partial charge in [-0.2, -0.15) is 4.39 Å². The highest BCUT2D eigenvalue weighted by atomic mass is 35.5. The van der Waals surface area contributed by atoms with Crippen LogP contribution in [0, 0.1) is 5.95 Å². The number of fused-ring (bicyclic) bond motifs is 1. The van der Waals surface area contributed by atoms with Gasteiger partial charge in [-0.1, -0.05) is 23.2 Å². The summed E-state index contributed by atoms with van der Waals surface area (Å²) in [5.74, 6) is -0.341. The molecule has 4 aromatic rings. The summed E-state index contributed by atoms with van der Waals surface area (Å²) in [4.78, 5) is 22.6. The van der Waals surface area contributed by atoms with Crippen molar-refractivity contribution < 1.29 is 13.9 Å². The van der Waals surface area contributed by atoms with Crippen molar-refractivity contribution in [1.82, 2.24) is 14.4 Å². The van der Waals surface area contributed by atoms with Crippen molar-refractivity contribution in [2.24, 2.45) is 0 Å². The van der Waals surface area contributed by atoms with Gasteiger partial charge >= 0.3 is 0 Å². The molecule has 0 N–H and O–H groups in total. The van der Waals surface area contributed by atoms with E-state index in [1.54, 1.807) is 22.7 Å². The molecule has 0 saturated heterocycles. The van der Waals surface area contributed by atoms with E-state index in [4.69, 9.17) is 27.9 Å². The van der Waals surface area contributed by atoms with E-state index in [9.17, 15) is 9.18 Å². The maximum atomic E-state index is 14.1. The first-order chi connectivity index (χ1) is 15.4. The van der Waals surface area contributed by atoms with Crippen molar-refractivity contribution in [2.45, 2.75) is 13.3 Å². The maximum absolute atomic E-state index is 14.1. The Morgan fingerprint density at radius 3 is 2.66 bits per heavy atom. The van der Waals surface area contributed by atoms with Crippen LogP contribution in [0.1, 0.15) is 12.6 Å². The summed E-state index contributed by atoms with van der Waals surface area (Å²) < 4.78 is 21.3. The number of hydrogen-bond donors (Lipinski definition) is 0. The molecule has 6 nitrogen and oxygen atoms in total. The Labute approximate surface area is 194 Å². The summed E-state index contributed by atoms with van der Waals surface area (Å²) in [6, 6.07) is 12.1. The Morgan fingerprint density at radius 2 is 1.97 bits per heavy atom. The molecule has 0 unspecified atom stereocenters. The zero-order valence-corrected chi connectivity index (χ0v) is 18.9. The van der Waals surface area contributed by atoms with Gasteiger partial charge in [-0.15, -0.1) is 0 Å². The third-order valence-electron chi connectivity index (χ3n) is 4.97. The van der Waals surface area contributed by atoms with Crippen LogP contribution in [0.25, 0.3) is 16.9 Å². The first-order valence-electron chi connectivity index (χ1n) is 9.85. The molecule has 9 heteroatoms. The summed E-state index contributed by atoms with van der Waals surface area (Å²) in [6.07, 6.45) is 2.92. The summed E-state index contributed by atoms with van der Waals surface area (Å²) in [5.41, 5.74) is 2.49. The normalized spacial score (nSPS) is 11.0. The number of pyridine rings is 2. The predicted molar refractivity (Wildman–Crippen MR) is 123 cm³/mol. The van der Waals surface area contributed by atoms with E-state index >= 15 is 0 Å². The van der Waals surface area contributed by atoms with Crippen LogP contribution in [0.5, 0.6) is 5.75 Å². The lowest BCUT2D eigenvalue weighted by molar-refractivity contribution is -0.117. The van der Waals surface area contributed by atoms with Crippen LogP contribution in [0.15, 0.2) is 54.9 Å². The number of carbonyl (C=O) groups excluding carboxylic acids is 1. The number of amides is 1. The van der Waals surface area contributed by atoms with Gasteiger partial charge in [0.25, 0.3) is 0 Å². The maximum Gasteiger partial charge on any atom is 0.236 e. The molecule has 0 bridgehead atoms. The van der Waals surface area contributed by atoms with Crippen LogP contribution in [0.4, 0.5) is 10.1 Å². The fourth-order valence-corrected chi connectivity index (χ4v) is 3.93. The molecular weight excluding hydrogens is 453 g/mol. The van der Waals surface area contributed by atoms with Crippen LogP contribution in [0.2, 0.25) is 10.0 Å². The van der Waals surface area contributed by atoms with Crippen LogP contribution in [0.3, 0.4) is 0 Å². The smallest absolute Gasteiger partial charge is 0.236 e. The molecule has 32 heavy (non-hydrogen) atoms. The van der Waals surface area contributed by atoms with Gasteiger partial charge in [0.2, 0.25) is 11.9 Å². The zero-order chi connectivity index (χ0) is 22.8. The van der Waals surface area contributed by atoms with E-state index < -0.39 is 5.95 Å². The van der Waals surface area contributed by atoms with Crippen molar-refractivity contribution in [2.75, 3.05) is 18.6 Å². The highest BCUT2D eigenvalue weighted by Gasteiger charge is 2.23. The molecule has 1 aromatic carbocycles. The molecule has 4 rings (SSSR count). The summed E-state index contributed by atoms with van der Waals surface area (Å²) in [7, 11) is 1.50. The number of carbonyl (C=O) groups is 1. The van der Waals surface area contributed by atoms with E-state index in [-0.39, 0.29) is 18.0 Å². The van der Waals surface area contributed by atoms with Crippen LogP contribution >= 0.6 is 23.2 Å². The number of likely N-dealkylation sites (N-methyl/N-ethyl adjacent to an activating group) is 1. The molecule has 0 saturated carbocycles. The van der Waals surface area contributed by atoms with Gasteiger partial charge in [0, 0.05) is 25.0 Å². The molecule has 0 atom stereocenters. The number of hydrogen-bond acceptors (Lipinski definition) is 4. The van der Waals surface area contributed by atoms with E-state index in [2.05, 4.69) is 9.97 Å². The third kappa shape index (κ3) is 4.26. The highest BCUT2D eigenvalue weighted by Crippen LogP contribution is 2.31. The van der Waals surface area contributed by atoms with Crippen molar-refractivity contribution in [3.8, 4) is 17.0 Å². The Kier molecular flexibility index (Phi) is 6.30. The molecule has 0 spiro atoms. The topological polar surface area (TPSA) is 59.7 Å². The second-order valence-corrected chi connectivity index (χ2v) is 7.85. The molecule has 0 aliphatic heterocycles. The van der Waals surface area contributed by atoms with Gasteiger partial charge in [-0.25, -0.2) is 9.97 Å². The number of benzene rings is 1. The van der Waals surface area contributed by atoms with Crippen molar-refractivity contribution >= 4 is 40.4 Å². The standard InChI is InChI=1S/C23H19Cl2FN4O2/c1-3-32-16-8-6-14(7-9-16)21-19(30-13-15(24)11-17(25)23(30)28-21)12-20(31)29(2)18-5-4-10-27-22(18)26/h4-11,13H,3,12H2,1-2H3/i2-1. The Hall–Kier alpha value is -3.16. The monoisotopic (exact) mass is 471 g/mol. The van der Waals surface area contributed by atoms with Crippen molar-refractivity contribution in [3.05, 3.63) is 76.5 Å². The number of ether oxygens (including phenoxy) is 1. The minimum Gasteiger partial charge on any atom is -0.494 e. The van der Waals surface area contributed by atoms with Crippen molar-refractivity contribution in [1.29, 1.82) is 0 Å². The molecule has 3 heterocycles. The Morgan fingerprint density at radius 1 is 1.22 bits per heavy atom. The molecule has 3 aromatic heterocycles. The zero-order valence-electron chi connectivity index (χ0n) is 17.3. The molecule has 0 aliphatic rings. The lowest BCUT2D eigenvalue weighted by Crippen LogP contribution is -2.29. The summed E-state index contributed by atoms with van der Waals surface area (Å²) in [6.45, 7) is 2.46. The largest absolute Gasteiger partial charge is 0.494 e. The van der Waals surface area contributed by atoms with Gasteiger partial charge in [0.05, 0.1) is 40.1 Å². The molecule has 0 fully saturated rings. The average molecular weight is 472 g/mol. The van der Waals surface area contributed by atoms with Crippen LogP contribution in [-0.4, -0.2) is 33.9 Å². The van der Waals surface area contributed by atoms with Gasteiger partial charge in [0.15, 0.2) is 5.65 Å². The molecular formula is C23H19Cl2FN4O2. The van der Waals surface area contributed by atoms with Crippen LogP contribution in [-0.2, 0) is 11.2 Å². The number of aromatic nitrogens is 3. The van der Waals surface area contributed by atoms with Gasteiger partial charge in [0.1, 0.15) is 5.75 Å². The summed E-state index contributed by atoms with van der Waals surface area (Å²) in [5, 5.41) is 0.758. The number of nitrogens with zero attached hydrogens (tertiary/aromatic N) is 4. The molecule has 164 valence electrons. The number of rotatable bonds is 6. The average Bonchev–Trinajstić information content (AvgIpc) is 3.13. The fraction of sp³-hybridized carbons (Fsp3) is 0.174. The van der Waals surface area contributed by atoms with E-state index in [1.807, 2.05) is 31.2 Å². The van der Waals surface area contributed by atoms with E-state index in [1.165, 1.54) is 24.2 Å². The van der Waals surface area contributed by atoms with Crippen LogP contribution < -0.4 is 9.64 Å². The van der Waals surface area contributed by atoms with E-state index in [0.29, 0.717) is 33.7 Å². The van der Waals surface area contributed by atoms with E-state index in [0.717, 1.165) is 11.3 Å². The SMILES string of the molecule is CCOc1ccc(-c2nc3c(Cl)cc(Cl)cn3c2CC(=O)N([11CH3])c2cccnc2F)cc1. The molecule has 0 radical (unpaired) electrons.